The molecule has 0 amide bonds. The summed E-state index contributed by atoms with van der Waals surface area (Å²) in [5, 5.41) is 6.89. The van der Waals surface area contributed by atoms with Crippen molar-refractivity contribution in [3.05, 3.63) is 54.1 Å². The molecule has 1 atom stereocenters. The first-order valence-corrected chi connectivity index (χ1v) is 11.3. The average Bonchev–Trinajstić information content (AvgIpc) is 3.36. The van der Waals surface area contributed by atoms with Crippen LogP contribution in [0.3, 0.4) is 0 Å². The van der Waals surface area contributed by atoms with Crippen molar-refractivity contribution in [2.75, 3.05) is 59.4 Å². The van der Waals surface area contributed by atoms with Crippen molar-refractivity contribution in [3.8, 4) is 11.5 Å². The molecule has 0 aromatic heterocycles. The molecule has 7 nitrogen and oxygen atoms in total. The number of hydrogen-bond donors (Lipinski definition) is 2. The highest BCUT2D eigenvalue weighted by molar-refractivity contribution is 5.93. The minimum atomic E-state index is 0.275. The molecule has 7 heteroatoms. The number of guanidine groups is 1. The molecule has 1 aliphatic heterocycles. The van der Waals surface area contributed by atoms with Gasteiger partial charge in [0.05, 0.1) is 19.8 Å². The standard InChI is InChI=1S/C25H36N4O3/c1-26-25(28-21-8-6-9-23(18-21)32-17-7-16-30-2)27-19-24(29-14-4-5-15-29)20-10-12-22(31-3)13-11-20/h6,8-13,18,24H,4-5,7,14-17,19H2,1-3H3,(H2,26,27,28). The van der Waals surface area contributed by atoms with Gasteiger partial charge in [0.15, 0.2) is 5.96 Å². The van der Waals surface area contributed by atoms with Gasteiger partial charge < -0.3 is 24.8 Å². The summed E-state index contributed by atoms with van der Waals surface area (Å²) < 4.78 is 16.2. The number of nitrogens with zero attached hydrogens (tertiary/aromatic N) is 2. The lowest BCUT2D eigenvalue weighted by Gasteiger charge is -2.29. The molecule has 1 saturated heterocycles. The zero-order valence-corrected chi connectivity index (χ0v) is 19.5. The summed E-state index contributed by atoms with van der Waals surface area (Å²) in [6.45, 7) is 4.32. The van der Waals surface area contributed by atoms with E-state index in [4.69, 9.17) is 14.2 Å². The summed E-state index contributed by atoms with van der Waals surface area (Å²) in [5.74, 6) is 2.44. The van der Waals surface area contributed by atoms with Gasteiger partial charge in [0.25, 0.3) is 0 Å². The van der Waals surface area contributed by atoms with Gasteiger partial charge >= 0.3 is 0 Å². The van der Waals surface area contributed by atoms with E-state index in [0.29, 0.717) is 13.2 Å². The monoisotopic (exact) mass is 440 g/mol. The number of hydrogen-bond acceptors (Lipinski definition) is 5. The molecule has 0 saturated carbocycles. The second-order valence-corrected chi connectivity index (χ2v) is 7.83. The predicted molar refractivity (Wildman–Crippen MR) is 130 cm³/mol. The third-order valence-electron chi connectivity index (χ3n) is 5.63. The lowest BCUT2D eigenvalue weighted by atomic mass is 10.1. The summed E-state index contributed by atoms with van der Waals surface area (Å²) in [5.41, 5.74) is 2.21. The molecule has 1 aliphatic rings. The van der Waals surface area contributed by atoms with Crippen LogP contribution >= 0.6 is 0 Å². The lowest BCUT2D eigenvalue weighted by molar-refractivity contribution is 0.172. The van der Waals surface area contributed by atoms with E-state index in [-0.39, 0.29) is 6.04 Å². The summed E-state index contributed by atoms with van der Waals surface area (Å²) >= 11 is 0. The maximum atomic E-state index is 5.81. The van der Waals surface area contributed by atoms with Crippen molar-refractivity contribution in [3.63, 3.8) is 0 Å². The minimum Gasteiger partial charge on any atom is -0.497 e. The van der Waals surface area contributed by atoms with Gasteiger partial charge in [0, 0.05) is 45.5 Å². The van der Waals surface area contributed by atoms with Crippen molar-refractivity contribution >= 4 is 11.6 Å². The second kappa shape index (κ2) is 12.9. The molecule has 174 valence electrons. The molecule has 0 bridgehead atoms. The molecule has 2 aromatic rings. The molecular formula is C25H36N4O3. The summed E-state index contributed by atoms with van der Waals surface area (Å²) in [6.07, 6.45) is 3.36. The van der Waals surface area contributed by atoms with Crippen molar-refractivity contribution in [1.82, 2.24) is 10.2 Å². The Morgan fingerprint density at radius 3 is 2.50 bits per heavy atom. The van der Waals surface area contributed by atoms with Gasteiger partial charge in [-0.3, -0.25) is 9.89 Å². The summed E-state index contributed by atoms with van der Waals surface area (Å²) in [6, 6.07) is 16.6. The molecule has 2 N–H and O–H groups in total. The number of anilines is 1. The van der Waals surface area contributed by atoms with Gasteiger partial charge in [-0.1, -0.05) is 18.2 Å². The fourth-order valence-electron chi connectivity index (χ4n) is 3.90. The Morgan fingerprint density at radius 2 is 1.81 bits per heavy atom. The van der Waals surface area contributed by atoms with Gasteiger partial charge in [-0.25, -0.2) is 0 Å². The molecule has 1 heterocycles. The summed E-state index contributed by atoms with van der Waals surface area (Å²) in [7, 11) is 5.19. The highest BCUT2D eigenvalue weighted by atomic mass is 16.5. The van der Waals surface area contributed by atoms with Crippen molar-refractivity contribution < 1.29 is 14.2 Å². The fraction of sp³-hybridized carbons (Fsp3) is 0.480. The number of methoxy groups -OCH3 is 2. The first kappa shape index (κ1) is 23.9. The van der Waals surface area contributed by atoms with E-state index in [1.165, 1.54) is 18.4 Å². The fourth-order valence-corrected chi connectivity index (χ4v) is 3.90. The largest absolute Gasteiger partial charge is 0.497 e. The highest BCUT2D eigenvalue weighted by Crippen LogP contribution is 2.26. The summed E-state index contributed by atoms with van der Waals surface area (Å²) in [4.78, 5) is 6.96. The zero-order chi connectivity index (χ0) is 22.6. The van der Waals surface area contributed by atoms with Crippen LogP contribution in [0.25, 0.3) is 0 Å². The SMILES string of the molecule is CN=C(NCC(c1ccc(OC)cc1)N1CCCC1)Nc1cccc(OCCCOC)c1. The maximum absolute atomic E-state index is 5.81. The molecule has 0 spiro atoms. The third-order valence-corrected chi connectivity index (χ3v) is 5.63. The molecular weight excluding hydrogens is 404 g/mol. The van der Waals surface area contributed by atoms with Crippen LogP contribution in [0.2, 0.25) is 0 Å². The Morgan fingerprint density at radius 1 is 1.03 bits per heavy atom. The van der Waals surface area contributed by atoms with Crippen molar-refractivity contribution in [1.29, 1.82) is 0 Å². The smallest absolute Gasteiger partial charge is 0.195 e. The van der Waals surface area contributed by atoms with Gasteiger partial charge in [-0.2, -0.15) is 0 Å². The van der Waals surface area contributed by atoms with Crippen LogP contribution in [0, 0.1) is 0 Å². The van der Waals surface area contributed by atoms with Crippen LogP contribution in [0.15, 0.2) is 53.5 Å². The normalized spacial score (nSPS) is 15.4. The Labute approximate surface area is 191 Å². The molecule has 1 unspecified atom stereocenters. The van der Waals surface area contributed by atoms with E-state index in [9.17, 15) is 0 Å². The lowest BCUT2D eigenvalue weighted by Crippen LogP contribution is -2.39. The van der Waals surface area contributed by atoms with Crippen LogP contribution in [-0.4, -0.2) is 65.0 Å². The van der Waals surface area contributed by atoms with Gasteiger partial charge in [-0.05, 0) is 55.8 Å². The number of likely N-dealkylation sites (tertiary alicyclic amines) is 1. The second-order valence-electron chi connectivity index (χ2n) is 7.83. The van der Waals surface area contributed by atoms with Gasteiger partial charge in [-0.15, -0.1) is 0 Å². The first-order valence-electron chi connectivity index (χ1n) is 11.3. The molecule has 3 rings (SSSR count). The third kappa shape index (κ3) is 7.14. The van der Waals surface area contributed by atoms with E-state index < -0.39 is 0 Å². The number of ether oxygens (including phenoxy) is 3. The van der Waals surface area contributed by atoms with Crippen molar-refractivity contribution in [2.45, 2.75) is 25.3 Å². The molecule has 0 aliphatic carbocycles. The van der Waals surface area contributed by atoms with Crippen LogP contribution in [0.1, 0.15) is 30.9 Å². The van der Waals surface area contributed by atoms with Crippen LogP contribution < -0.4 is 20.1 Å². The topological polar surface area (TPSA) is 67.4 Å². The van der Waals surface area contributed by atoms with Crippen LogP contribution in [0.5, 0.6) is 11.5 Å². The van der Waals surface area contributed by atoms with Crippen molar-refractivity contribution in [2.24, 2.45) is 4.99 Å². The van der Waals surface area contributed by atoms with Gasteiger partial charge in [0.1, 0.15) is 11.5 Å². The quantitative estimate of drug-likeness (QED) is 0.313. The van der Waals surface area contributed by atoms with Gasteiger partial charge in [0.2, 0.25) is 0 Å². The van der Waals surface area contributed by atoms with E-state index >= 15 is 0 Å². The van der Waals surface area contributed by atoms with E-state index in [1.54, 1.807) is 21.3 Å². The Balaban J connectivity index is 1.60. The van der Waals surface area contributed by atoms with E-state index in [0.717, 1.165) is 49.2 Å². The molecule has 32 heavy (non-hydrogen) atoms. The Hall–Kier alpha value is -2.77. The Kier molecular flexibility index (Phi) is 9.65. The number of nitrogens with one attached hydrogen (secondary N) is 2. The van der Waals surface area contributed by atoms with E-state index in [1.807, 2.05) is 36.4 Å². The minimum absolute atomic E-state index is 0.275. The highest BCUT2D eigenvalue weighted by Gasteiger charge is 2.23. The number of rotatable bonds is 11. The first-order chi connectivity index (χ1) is 15.7. The van der Waals surface area contributed by atoms with Crippen LogP contribution in [-0.2, 0) is 4.74 Å². The molecule has 0 radical (unpaired) electrons. The average molecular weight is 441 g/mol. The number of aliphatic imine (C=N–C) groups is 1. The Bertz CT molecular complexity index is 835. The zero-order valence-electron chi connectivity index (χ0n) is 19.5. The number of benzene rings is 2. The molecule has 1 fully saturated rings. The van der Waals surface area contributed by atoms with Crippen LogP contribution in [0.4, 0.5) is 5.69 Å². The molecule has 2 aromatic carbocycles. The maximum Gasteiger partial charge on any atom is 0.195 e. The predicted octanol–water partition coefficient (Wildman–Crippen LogP) is 3.93. The van der Waals surface area contributed by atoms with E-state index in [2.05, 4.69) is 32.7 Å².